The average molecular weight is 606 g/mol. The van der Waals surface area contributed by atoms with Crippen molar-refractivity contribution in [2.24, 2.45) is 10.7 Å². The van der Waals surface area contributed by atoms with Gasteiger partial charge in [0.15, 0.2) is 0 Å². The normalized spacial score (nSPS) is 16.3. The number of nitrogens with zero attached hydrogens (tertiary/aromatic N) is 4. The quantitative estimate of drug-likeness (QED) is 0.157. The van der Waals surface area contributed by atoms with Crippen molar-refractivity contribution >= 4 is 17.7 Å². The average Bonchev–Trinajstić information content (AvgIpc) is 3.54. The summed E-state index contributed by atoms with van der Waals surface area (Å²) in [5.74, 6) is -0.405. The number of aromatic nitrogens is 2. The van der Waals surface area contributed by atoms with Crippen LogP contribution >= 0.6 is 0 Å². The van der Waals surface area contributed by atoms with Crippen LogP contribution in [0.25, 0.3) is 0 Å². The minimum absolute atomic E-state index is 0.273. The number of halogens is 1. The van der Waals surface area contributed by atoms with Gasteiger partial charge in [-0.1, -0.05) is 121 Å². The fourth-order valence-corrected chi connectivity index (χ4v) is 6.57. The minimum atomic E-state index is -0.932. The van der Waals surface area contributed by atoms with Crippen LogP contribution in [0.3, 0.4) is 0 Å². The fraction of sp³-hybridized carbons (Fsp3) is 0.103. The molecule has 2 N–H and O–H groups in total. The van der Waals surface area contributed by atoms with Crippen molar-refractivity contribution in [3.8, 4) is 0 Å². The number of imidazole rings is 1. The van der Waals surface area contributed by atoms with Crippen molar-refractivity contribution in [3.63, 3.8) is 0 Å². The number of hydrogen-bond acceptors (Lipinski definition) is 5. The Bertz CT molecular complexity index is 1890. The molecule has 0 radical (unpaired) electrons. The zero-order chi connectivity index (χ0) is 31.5. The molecule has 7 heteroatoms. The molecule has 2 atom stereocenters. The van der Waals surface area contributed by atoms with E-state index in [2.05, 4.69) is 41.0 Å². The van der Waals surface area contributed by atoms with Crippen molar-refractivity contribution in [1.82, 2.24) is 9.55 Å². The SMILES string of the molecule is N[C@@H]1N=C(c2ccccc2F)c2ccccc2N(Cc2cn(C(c3ccccc3)(c3ccccc3)c3ccccc3)cn2)C1C=O. The molecule has 0 fully saturated rings. The molecule has 1 unspecified atom stereocenters. The van der Waals surface area contributed by atoms with Gasteiger partial charge < -0.3 is 20.0 Å². The highest BCUT2D eigenvalue weighted by molar-refractivity contribution is 6.16. The number of anilines is 1. The molecule has 0 bridgehead atoms. The van der Waals surface area contributed by atoms with Gasteiger partial charge in [-0.05, 0) is 34.9 Å². The molecule has 2 heterocycles. The van der Waals surface area contributed by atoms with Crippen LogP contribution in [0.1, 0.15) is 33.5 Å². The molecule has 0 aliphatic carbocycles. The van der Waals surface area contributed by atoms with Crippen LogP contribution in [0, 0.1) is 5.82 Å². The Morgan fingerprint density at radius 2 is 1.24 bits per heavy atom. The molecule has 7 rings (SSSR count). The van der Waals surface area contributed by atoms with E-state index < -0.39 is 23.6 Å². The number of carbonyl (C=O) groups excluding carboxylic acids is 1. The second-order valence-electron chi connectivity index (χ2n) is 11.3. The number of aliphatic imine (C=N–C) groups is 1. The van der Waals surface area contributed by atoms with Crippen LogP contribution in [-0.4, -0.2) is 33.8 Å². The molecule has 1 aliphatic rings. The predicted molar refractivity (Wildman–Crippen MR) is 179 cm³/mol. The van der Waals surface area contributed by atoms with Crippen LogP contribution in [0.2, 0.25) is 0 Å². The number of fused-ring (bicyclic) bond motifs is 1. The molecule has 6 nitrogen and oxygen atoms in total. The third kappa shape index (κ3) is 5.01. The summed E-state index contributed by atoms with van der Waals surface area (Å²) in [7, 11) is 0. The molecule has 0 saturated carbocycles. The van der Waals surface area contributed by atoms with E-state index >= 15 is 4.39 Å². The number of rotatable bonds is 8. The first-order valence-electron chi connectivity index (χ1n) is 15.2. The summed E-state index contributed by atoms with van der Waals surface area (Å²) in [4.78, 5) is 24.2. The van der Waals surface area contributed by atoms with Crippen molar-refractivity contribution in [3.05, 3.63) is 191 Å². The summed E-state index contributed by atoms with van der Waals surface area (Å²) in [5, 5.41) is 0. The van der Waals surface area contributed by atoms with E-state index in [1.165, 1.54) is 6.07 Å². The molecule has 1 aromatic heterocycles. The van der Waals surface area contributed by atoms with E-state index in [0.29, 0.717) is 16.8 Å². The number of benzodiazepines with no additional fused rings is 1. The first-order valence-corrected chi connectivity index (χ1v) is 15.2. The van der Waals surface area contributed by atoms with Gasteiger partial charge in [0.05, 0.1) is 24.3 Å². The number of hydrogen-bond donors (Lipinski definition) is 1. The minimum Gasteiger partial charge on any atom is -0.352 e. The van der Waals surface area contributed by atoms with Crippen molar-refractivity contribution in [2.45, 2.75) is 24.3 Å². The Hall–Kier alpha value is -5.66. The van der Waals surface area contributed by atoms with E-state index in [0.717, 1.165) is 34.4 Å². The van der Waals surface area contributed by atoms with Crippen molar-refractivity contribution < 1.29 is 9.18 Å². The predicted octanol–water partition coefficient (Wildman–Crippen LogP) is 6.57. The Kier molecular flexibility index (Phi) is 7.83. The maximum absolute atomic E-state index is 15.1. The third-order valence-electron chi connectivity index (χ3n) is 8.66. The monoisotopic (exact) mass is 605 g/mol. The van der Waals surface area contributed by atoms with Gasteiger partial charge in [-0.15, -0.1) is 0 Å². The van der Waals surface area contributed by atoms with Gasteiger partial charge in [-0.25, -0.2) is 9.37 Å². The van der Waals surface area contributed by atoms with Crippen LogP contribution in [0.4, 0.5) is 10.1 Å². The Labute approximate surface area is 267 Å². The number of benzene rings is 5. The zero-order valence-electron chi connectivity index (χ0n) is 25.0. The molecule has 0 spiro atoms. The second kappa shape index (κ2) is 12.4. The molecule has 6 aromatic rings. The van der Waals surface area contributed by atoms with Gasteiger partial charge in [0.2, 0.25) is 0 Å². The first-order chi connectivity index (χ1) is 22.6. The molecule has 5 aromatic carbocycles. The summed E-state index contributed by atoms with van der Waals surface area (Å²) in [5.41, 5.74) is 12.0. The summed E-state index contributed by atoms with van der Waals surface area (Å²) < 4.78 is 17.2. The van der Waals surface area contributed by atoms with Crippen LogP contribution < -0.4 is 10.6 Å². The molecule has 0 saturated heterocycles. The van der Waals surface area contributed by atoms with E-state index in [1.54, 1.807) is 18.2 Å². The van der Waals surface area contributed by atoms with Gasteiger partial charge in [0.1, 0.15) is 29.8 Å². The molecular weight excluding hydrogens is 573 g/mol. The summed E-state index contributed by atoms with van der Waals surface area (Å²) in [6.45, 7) is 0.273. The van der Waals surface area contributed by atoms with Gasteiger partial charge >= 0.3 is 0 Å². The highest BCUT2D eigenvalue weighted by Gasteiger charge is 2.39. The van der Waals surface area contributed by atoms with Crippen molar-refractivity contribution in [2.75, 3.05) is 4.90 Å². The molecule has 226 valence electrons. The fourth-order valence-electron chi connectivity index (χ4n) is 6.57. The Balaban J connectivity index is 1.36. The standard InChI is InChI=1S/C39H32FN5O/c40-34-22-12-10-20-32(34)37-33-21-11-13-23-35(33)45(36(26-46)38(41)43-37)25-31-24-44(27-42-31)39(28-14-4-1-5-15-28,29-16-6-2-7-17-29)30-18-8-3-9-19-30/h1-24,26-27,36,38H,25,41H2/t36?,38-/m1/s1. The lowest BCUT2D eigenvalue weighted by Crippen LogP contribution is -2.47. The lowest BCUT2D eigenvalue weighted by Gasteiger charge is -2.37. The van der Waals surface area contributed by atoms with E-state index in [9.17, 15) is 4.79 Å². The van der Waals surface area contributed by atoms with Gasteiger partial charge in [0, 0.05) is 23.0 Å². The Morgan fingerprint density at radius 3 is 1.80 bits per heavy atom. The summed E-state index contributed by atoms with van der Waals surface area (Å²) >= 11 is 0. The largest absolute Gasteiger partial charge is 0.352 e. The number of aldehydes is 1. The molecule has 46 heavy (non-hydrogen) atoms. The van der Waals surface area contributed by atoms with Crippen LogP contribution in [0.15, 0.2) is 157 Å². The van der Waals surface area contributed by atoms with Crippen LogP contribution in [0.5, 0.6) is 0 Å². The lowest BCUT2D eigenvalue weighted by atomic mass is 9.77. The number of nitrogens with two attached hydrogens (primary N) is 1. The maximum atomic E-state index is 15.1. The smallest absolute Gasteiger partial charge is 0.146 e. The number of carbonyl (C=O) groups is 1. The highest BCUT2D eigenvalue weighted by Crippen LogP contribution is 2.41. The van der Waals surface area contributed by atoms with E-state index in [-0.39, 0.29) is 6.54 Å². The second-order valence-corrected chi connectivity index (χ2v) is 11.3. The summed E-state index contributed by atoms with van der Waals surface area (Å²) in [6.07, 6.45) is 3.77. The van der Waals surface area contributed by atoms with E-state index in [4.69, 9.17) is 15.7 Å². The molecule has 0 amide bonds. The van der Waals surface area contributed by atoms with Gasteiger partial charge in [-0.3, -0.25) is 4.99 Å². The van der Waals surface area contributed by atoms with E-state index in [1.807, 2.05) is 96.3 Å². The van der Waals surface area contributed by atoms with Crippen molar-refractivity contribution in [1.29, 1.82) is 0 Å². The first kappa shape index (κ1) is 29.1. The van der Waals surface area contributed by atoms with Gasteiger partial charge in [-0.2, -0.15) is 0 Å². The molecular formula is C39H32FN5O. The van der Waals surface area contributed by atoms with Crippen LogP contribution in [-0.2, 0) is 16.9 Å². The summed E-state index contributed by atoms with van der Waals surface area (Å²) in [6, 6.07) is 44.4. The maximum Gasteiger partial charge on any atom is 0.146 e. The molecule has 1 aliphatic heterocycles. The zero-order valence-corrected chi connectivity index (χ0v) is 25.0. The number of para-hydroxylation sites is 1. The topological polar surface area (TPSA) is 76.5 Å². The lowest BCUT2D eigenvalue weighted by molar-refractivity contribution is -0.109. The highest BCUT2D eigenvalue weighted by atomic mass is 19.1. The van der Waals surface area contributed by atoms with Gasteiger partial charge in [0.25, 0.3) is 0 Å². The Morgan fingerprint density at radius 1 is 0.717 bits per heavy atom. The third-order valence-corrected chi connectivity index (χ3v) is 8.66.